The van der Waals surface area contributed by atoms with Crippen LogP contribution in [-0.4, -0.2) is 17.7 Å². The number of nitrogens with two attached hydrogens (primary N) is 1. The topological polar surface area (TPSA) is 72.5 Å². The van der Waals surface area contributed by atoms with Gasteiger partial charge in [-0.05, 0) is 19.1 Å². The van der Waals surface area contributed by atoms with E-state index in [4.69, 9.17) is 10.8 Å². The molecule has 0 atom stereocenters. The van der Waals surface area contributed by atoms with Crippen molar-refractivity contribution in [3.63, 3.8) is 0 Å². The summed E-state index contributed by atoms with van der Waals surface area (Å²) in [5, 5.41) is 9.10. The fourth-order valence-corrected chi connectivity index (χ4v) is 0.968. The van der Waals surface area contributed by atoms with Gasteiger partial charge in [-0.25, -0.2) is 9.18 Å². The predicted octanol–water partition coefficient (Wildman–Crippen LogP) is 1.29. The highest BCUT2D eigenvalue weighted by atomic mass is 19.1. The zero-order valence-electron chi connectivity index (χ0n) is 7.58. The van der Waals surface area contributed by atoms with Crippen LogP contribution in [0.2, 0.25) is 0 Å². The van der Waals surface area contributed by atoms with Gasteiger partial charge in [0.15, 0.2) is 11.6 Å². The van der Waals surface area contributed by atoms with Gasteiger partial charge in [-0.1, -0.05) is 0 Å². The summed E-state index contributed by atoms with van der Waals surface area (Å²) in [5.74, 6) is -2.27. The number of anilines is 1. The Morgan fingerprint density at radius 3 is 2.86 bits per heavy atom. The first kappa shape index (κ1) is 10.3. The number of hydrogen-bond acceptors (Lipinski definition) is 4. The van der Waals surface area contributed by atoms with E-state index in [1.165, 1.54) is 6.07 Å². The van der Waals surface area contributed by atoms with Crippen LogP contribution in [0.25, 0.3) is 0 Å². The summed E-state index contributed by atoms with van der Waals surface area (Å²) in [6.45, 7) is 1.83. The standard InChI is InChI=1S/C9H10FNO3/c1-2-14-9(13)5-3-4-6(10)8(12)7(5)11/h3-4,12H,2,11H2,1H3. The third kappa shape index (κ3) is 1.76. The molecule has 0 bridgehead atoms. The molecule has 0 heterocycles. The Morgan fingerprint density at radius 1 is 1.64 bits per heavy atom. The molecule has 5 heteroatoms. The summed E-state index contributed by atoms with van der Waals surface area (Å²) >= 11 is 0. The minimum atomic E-state index is -0.865. The minimum absolute atomic E-state index is 0.0363. The van der Waals surface area contributed by atoms with Crippen LogP contribution in [0.15, 0.2) is 12.1 Å². The fourth-order valence-electron chi connectivity index (χ4n) is 0.968. The lowest BCUT2D eigenvalue weighted by Gasteiger charge is -2.06. The Labute approximate surface area is 80.1 Å². The monoisotopic (exact) mass is 199 g/mol. The molecule has 0 aliphatic rings. The van der Waals surface area contributed by atoms with Crippen molar-refractivity contribution < 1.29 is 19.0 Å². The van der Waals surface area contributed by atoms with Crippen LogP contribution in [0.3, 0.4) is 0 Å². The largest absolute Gasteiger partial charge is 0.503 e. The Morgan fingerprint density at radius 2 is 2.29 bits per heavy atom. The number of nitrogen functional groups attached to an aromatic ring is 1. The van der Waals surface area contributed by atoms with Crippen LogP contribution in [0.4, 0.5) is 10.1 Å². The number of aromatic hydroxyl groups is 1. The van der Waals surface area contributed by atoms with Crippen molar-refractivity contribution in [2.75, 3.05) is 12.3 Å². The second-order valence-electron chi connectivity index (χ2n) is 2.58. The quantitative estimate of drug-likeness (QED) is 0.427. The fraction of sp³-hybridized carbons (Fsp3) is 0.222. The molecule has 0 fully saturated rings. The maximum absolute atomic E-state index is 12.7. The molecule has 3 N–H and O–H groups in total. The van der Waals surface area contributed by atoms with Crippen LogP contribution in [0, 0.1) is 5.82 Å². The summed E-state index contributed by atoms with van der Waals surface area (Å²) in [5.41, 5.74) is 4.99. The van der Waals surface area contributed by atoms with E-state index in [0.717, 1.165) is 6.07 Å². The second kappa shape index (κ2) is 3.95. The number of benzene rings is 1. The van der Waals surface area contributed by atoms with Crippen molar-refractivity contribution in [2.45, 2.75) is 6.92 Å². The number of halogens is 1. The third-order valence-electron chi connectivity index (χ3n) is 1.66. The minimum Gasteiger partial charge on any atom is -0.503 e. The lowest BCUT2D eigenvalue weighted by Crippen LogP contribution is -2.08. The maximum Gasteiger partial charge on any atom is 0.340 e. The predicted molar refractivity (Wildman–Crippen MR) is 48.4 cm³/mol. The molecule has 76 valence electrons. The van der Waals surface area contributed by atoms with Crippen LogP contribution >= 0.6 is 0 Å². The Hall–Kier alpha value is -1.78. The molecule has 0 aromatic heterocycles. The molecule has 0 aliphatic heterocycles. The van der Waals surface area contributed by atoms with Crippen LogP contribution < -0.4 is 5.73 Å². The van der Waals surface area contributed by atoms with Crippen molar-refractivity contribution in [3.05, 3.63) is 23.5 Å². The highest BCUT2D eigenvalue weighted by Gasteiger charge is 2.16. The van der Waals surface area contributed by atoms with Gasteiger partial charge >= 0.3 is 5.97 Å². The normalized spacial score (nSPS) is 9.86. The van der Waals surface area contributed by atoms with E-state index in [1.807, 2.05) is 0 Å². The highest BCUT2D eigenvalue weighted by molar-refractivity contribution is 5.96. The van der Waals surface area contributed by atoms with E-state index in [-0.39, 0.29) is 17.9 Å². The first-order chi connectivity index (χ1) is 6.57. The maximum atomic E-state index is 12.7. The van der Waals surface area contributed by atoms with E-state index < -0.39 is 17.5 Å². The Bertz CT molecular complexity index is 365. The molecule has 14 heavy (non-hydrogen) atoms. The highest BCUT2D eigenvalue weighted by Crippen LogP contribution is 2.27. The van der Waals surface area contributed by atoms with Crippen molar-refractivity contribution in [2.24, 2.45) is 0 Å². The van der Waals surface area contributed by atoms with Crippen LogP contribution in [0.5, 0.6) is 5.75 Å². The Kier molecular flexibility index (Phi) is 2.91. The van der Waals surface area contributed by atoms with E-state index in [9.17, 15) is 9.18 Å². The number of phenols is 1. The molecule has 0 spiro atoms. The first-order valence-electron chi connectivity index (χ1n) is 4.02. The van der Waals surface area contributed by atoms with Crippen molar-refractivity contribution >= 4 is 11.7 Å². The number of rotatable bonds is 2. The van der Waals surface area contributed by atoms with Gasteiger partial charge in [0.25, 0.3) is 0 Å². The van der Waals surface area contributed by atoms with E-state index >= 15 is 0 Å². The lowest BCUT2D eigenvalue weighted by molar-refractivity contribution is 0.0527. The molecule has 0 radical (unpaired) electrons. The smallest absolute Gasteiger partial charge is 0.340 e. The summed E-state index contributed by atoms with van der Waals surface area (Å²) in [6, 6.07) is 2.13. The average Bonchev–Trinajstić information content (AvgIpc) is 2.15. The van der Waals surface area contributed by atoms with Crippen molar-refractivity contribution in [1.82, 2.24) is 0 Å². The lowest BCUT2D eigenvalue weighted by atomic mass is 10.1. The van der Waals surface area contributed by atoms with Crippen molar-refractivity contribution in [1.29, 1.82) is 0 Å². The SMILES string of the molecule is CCOC(=O)c1ccc(F)c(O)c1N. The molecule has 0 saturated heterocycles. The van der Waals surface area contributed by atoms with Crippen LogP contribution in [-0.2, 0) is 4.74 Å². The number of carbonyl (C=O) groups is 1. The van der Waals surface area contributed by atoms with E-state index in [1.54, 1.807) is 6.92 Å². The number of carbonyl (C=O) groups excluding carboxylic acids is 1. The summed E-state index contributed by atoms with van der Waals surface area (Å²) in [4.78, 5) is 11.2. The van der Waals surface area contributed by atoms with Crippen molar-refractivity contribution in [3.8, 4) is 5.75 Å². The molecule has 0 saturated carbocycles. The molecule has 0 amide bonds. The van der Waals surface area contributed by atoms with Gasteiger partial charge in [0.05, 0.1) is 17.9 Å². The number of ether oxygens (including phenoxy) is 1. The molecule has 1 aromatic rings. The number of hydrogen-bond donors (Lipinski definition) is 2. The average molecular weight is 199 g/mol. The van der Waals surface area contributed by atoms with Gasteiger partial charge in [0.2, 0.25) is 0 Å². The molecule has 0 aliphatic carbocycles. The number of phenolic OH excluding ortho intramolecular Hbond substituents is 1. The molecule has 4 nitrogen and oxygen atoms in total. The van der Waals surface area contributed by atoms with Crippen LogP contribution in [0.1, 0.15) is 17.3 Å². The summed E-state index contributed by atoms with van der Waals surface area (Å²) in [7, 11) is 0. The van der Waals surface area contributed by atoms with E-state index in [2.05, 4.69) is 4.74 Å². The molecular formula is C9H10FNO3. The molecule has 1 aromatic carbocycles. The number of esters is 1. The van der Waals surface area contributed by atoms with Gasteiger partial charge in [-0.15, -0.1) is 0 Å². The molecule has 0 unspecified atom stereocenters. The van der Waals surface area contributed by atoms with Gasteiger partial charge in [-0.3, -0.25) is 0 Å². The van der Waals surface area contributed by atoms with Gasteiger partial charge in [0.1, 0.15) is 0 Å². The van der Waals surface area contributed by atoms with Gasteiger partial charge in [-0.2, -0.15) is 0 Å². The zero-order valence-corrected chi connectivity index (χ0v) is 7.58. The first-order valence-corrected chi connectivity index (χ1v) is 4.02. The van der Waals surface area contributed by atoms with E-state index in [0.29, 0.717) is 0 Å². The molecular weight excluding hydrogens is 189 g/mol. The summed E-state index contributed by atoms with van der Waals surface area (Å²) < 4.78 is 17.4. The Balaban J connectivity index is 3.11. The third-order valence-corrected chi connectivity index (χ3v) is 1.66. The van der Waals surface area contributed by atoms with Gasteiger partial charge < -0.3 is 15.6 Å². The molecule has 1 rings (SSSR count). The second-order valence-corrected chi connectivity index (χ2v) is 2.58. The van der Waals surface area contributed by atoms with Gasteiger partial charge in [0, 0.05) is 0 Å². The zero-order chi connectivity index (χ0) is 10.7. The summed E-state index contributed by atoms with van der Waals surface area (Å²) in [6.07, 6.45) is 0.